The van der Waals surface area contributed by atoms with Crippen LogP contribution < -0.4 is 18.9 Å². The van der Waals surface area contributed by atoms with Gasteiger partial charge in [-0.2, -0.15) is 0 Å². The fourth-order valence-electron chi connectivity index (χ4n) is 3.88. The molecule has 0 bridgehead atoms. The Morgan fingerprint density at radius 2 is 1.62 bits per heavy atom. The smallest absolute Gasteiger partial charge is 0.223 e. The van der Waals surface area contributed by atoms with E-state index in [0.717, 1.165) is 42.0 Å². The van der Waals surface area contributed by atoms with Crippen LogP contribution in [0, 0.1) is 0 Å². The fourth-order valence-corrected chi connectivity index (χ4v) is 3.88. The van der Waals surface area contributed by atoms with Crippen LogP contribution in [0.25, 0.3) is 0 Å². The molecule has 3 rings (SSSR count). The van der Waals surface area contributed by atoms with Crippen molar-refractivity contribution < 1.29 is 23.7 Å². The number of rotatable bonds is 8. The number of carbonyl (C=O) groups excluding carboxylic acids is 1. The van der Waals surface area contributed by atoms with E-state index in [1.165, 1.54) is 0 Å². The molecule has 1 aliphatic heterocycles. The predicted octanol–water partition coefficient (Wildman–Crippen LogP) is 4.02. The van der Waals surface area contributed by atoms with Gasteiger partial charge in [0.15, 0.2) is 11.5 Å². The van der Waals surface area contributed by atoms with E-state index in [4.69, 9.17) is 18.9 Å². The van der Waals surface area contributed by atoms with E-state index in [2.05, 4.69) is 0 Å². The summed E-state index contributed by atoms with van der Waals surface area (Å²) in [6.07, 6.45) is 3.04. The van der Waals surface area contributed by atoms with Gasteiger partial charge >= 0.3 is 0 Å². The highest BCUT2D eigenvalue weighted by atomic mass is 16.5. The second-order valence-electron chi connectivity index (χ2n) is 7.08. The topological polar surface area (TPSA) is 57.2 Å². The third-order valence-electron chi connectivity index (χ3n) is 5.40. The Kier molecular flexibility index (Phi) is 6.86. The van der Waals surface area contributed by atoms with Crippen molar-refractivity contribution in [1.82, 2.24) is 4.90 Å². The van der Waals surface area contributed by atoms with E-state index >= 15 is 0 Å². The predicted molar refractivity (Wildman–Crippen MR) is 111 cm³/mol. The molecule has 0 aliphatic carbocycles. The number of nitrogens with zero attached hydrogens (tertiary/aromatic N) is 1. The van der Waals surface area contributed by atoms with Gasteiger partial charge in [-0.3, -0.25) is 4.79 Å². The SMILES string of the molecule is COc1cc(CCC(=O)N2CCCC2c2ccc(OC)c(OC)c2)cc(OC)c1. The van der Waals surface area contributed by atoms with Crippen molar-refractivity contribution in [1.29, 1.82) is 0 Å². The molecule has 2 aromatic carbocycles. The summed E-state index contributed by atoms with van der Waals surface area (Å²) in [6, 6.07) is 11.7. The average molecular weight is 399 g/mol. The summed E-state index contributed by atoms with van der Waals surface area (Å²) < 4.78 is 21.4. The van der Waals surface area contributed by atoms with E-state index in [0.29, 0.717) is 24.3 Å². The van der Waals surface area contributed by atoms with Crippen molar-refractivity contribution in [2.45, 2.75) is 31.7 Å². The fraction of sp³-hybridized carbons (Fsp3) is 0.435. The molecule has 1 fully saturated rings. The van der Waals surface area contributed by atoms with Crippen molar-refractivity contribution in [2.75, 3.05) is 35.0 Å². The van der Waals surface area contributed by atoms with Crippen LogP contribution in [0.2, 0.25) is 0 Å². The van der Waals surface area contributed by atoms with E-state index in [9.17, 15) is 4.79 Å². The minimum atomic E-state index is 0.0714. The lowest BCUT2D eigenvalue weighted by atomic mass is 10.0. The van der Waals surface area contributed by atoms with E-state index in [1.807, 2.05) is 41.3 Å². The van der Waals surface area contributed by atoms with Crippen LogP contribution in [0.15, 0.2) is 36.4 Å². The molecule has 1 aliphatic rings. The molecule has 6 heteroatoms. The van der Waals surface area contributed by atoms with Gasteiger partial charge in [0.2, 0.25) is 5.91 Å². The van der Waals surface area contributed by atoms with Gasteiger partial charge in [-0.25, -0.2) is 0 Å². The van der Waals surface area contributed by atoms with E-state index in [-0.39, 0.29) is 11.9 Å². The standard InChI is InChI=1S/C23H29NO5/c1-26-18-12-16(13-19(15-18)27-2)7-10-23(25)24-11-5-6-20(24)17-8-9-21(28-3)22(14-17)29-4/h8-9,12-15,20H,5-7,10-11H2,1-4H3. The lowest BCUT2D eigenvalue weighted by Gasteiger charge is -2.26. The van der Waals surface area contributed by atoms with Gasteiger partial charge < -0.3 is 23.8 Å². The number of aryl methyl sites for hydroxylation is 1. The first kappa shape index (κ1) is 20.8. The molecule has 1 atom stereocenters. The van der Waals surface area contributed by atoms with Crippen molar-refractivity contribution >= 4 is 5.91 Å². The maximum atomic E-state index is 13.0. The maximum absolute atomic E-state index is 13.0. The highest BCUT2D eigenvalue weighted by Gasteiger charge is 2.30. The first-order chi connectivity index (χ1) is 14.1. The Hall–Kier alpha value is -2.89. The molecule has 2 aromatic rings. The van der Waals surface area contributed by atoms with Gasteiger partial charge in [-0.1, -0.05) is 6.07 Å². The number of benzene rings is 2. The summed E-state index contributed by atoms with van der Waals surface area (Å²) in [5.41, 5.74) is 2.10. The van der Waals surface area contributed by atoms with Gasteiger partial charge in [0.25, 0.3) is 0 Å². The van der Waals surface area contributed by atoms with Crippen LogP contribution in [0.1, 0.15) is 36.4 Å². The molecule has 1 amide bonds. The number of ether oxygens (including phenoxy) is 4. The zero-order chi connectivity index (χ0) is 20.8. The molecule has 156 valence electrons. The molecule has 1 saturated heterocycles. The number of hydrogen-bond acceptors (Lipinski definition) is 5. The first-order valence-corrected chi connectivity index (χ1v) is 9.83. The first-order valence-electron chi connectivity index (χ1n) is 9.83. The van der Waals surface area contributed by atoms with Gasteiger partial charge in [-0.15, -0.1) is 0 Å². The Labute approximate surface area is 172 Å². The van der Waals surface area contributed by atoms with Crippen molar-refractivity contribution in [3.63, 3.8) is 0 Å². The van der Waals surface area contributed by atoms with Crippen LogP contribution in [-0.2, 0) is 11.2 Å². The zero-order valence-corrected chi connectivity index (χ0v) is 17.6. The lowest BCUT2D eigenvalue weighted by molar-refractivity contribution is -0.132. The quantitative estimate of drug-likeness (QED) is 0.671. The van der Waals surface area contributed by atoms with Crippen LogP contribution in [-0.4, -0.2) is 45.8 Å². The van der Waals surface area contributed by atoms with Gasteiger partial charge in [0, 0.05) is 19.0 Å². The van der Waals surface area contributed by atoms with Gasteiger partial charge in [0.1, 0.15) is 11.5 Å². The van der Waals surface area contributed by atoms with E-state index < -0.39 is 0 Å². The highest BCUT2D eigenvalue weighted by Crippen LogP contribution is 2.37. The highest BCUT2D eigenvalue weighted by molar-refractivity contribution is 5.77. The molecule has 1 heterocycles. The van der Waals surface area contributed by atoms with Crippen molar-refractivity contribution in [3.8, 4) is 23.0 Å². The lowest BCUT2D eigenvalue weighted by Crippen LogP contribution is -2.30. The minimum Gasteiger partial charge on any atom is -0.497 e. The molecule has 0 radical (unpaired) electrons. The largest absolute Gasteiger partial charge is 0.497 e. The monoisotopic (exact) mass is 399 g/mol. The number of hydrogen-bond donors (Lipinski definition) is 0. The summed E-state index contributed by atoms with van der Waals surface area (Å²) >= 11 is 0. The second kappa shape index (κ2) is 9.54. The molecule has 1 unspecified atom stereocenters. The van der Waals surface area contributed by atoms with Crippen LogP contribution in [0.5, 0.6) is 23.0 Å². The van der Waals surface area contributed by atoms with Crippen LogP contribution >= 0.6 is 0 Å². The normalized spacial score (nSPS) is 15.9. The van der Waals surface area contributed by atoms with Crippen LogP contribution in [0.4, 0.5) is 0 Å². The number of likely N-dealkylation sites (tertiary alicyclic amines) is 1. The van der Waals surface area contributed by atoms with Crippen molar-refractivity contribution in [2.24, 2.45) is 0 Å². The van der Waals surface area contributed by atoms with E-state index in [1.54, 1.807) is 28.4 Å². The Morgan fingerprint density at radius 3 is 2.24 bits per heavy atom. The number of methoxy groups -OCH3 is 4. The minimum absolute atomic E-state index is 0.0714. The molecule has 0 spiro atoms. The summed E-state index contributed by atoms with van der Waals surface area (Å²) in [5.74, 6) is 3.00. The third-order valence-corrected chi connectivity index (χ3v) is 5.40. The molecule has 29 heavy (non-hydrogen) atoms. The van der Waals surface area contributed by atoms with Crippen LogP contribution in [0.3, 0.4) is 0 Å². The zero-order valence-electron chi connectivity index (χ0n) is 17.6. The molecular formula is C23H29NO5. The average Bonchev–Trinajstić information content (AvgIpc) is 3.26. The summed E-state index contributed by atoms with van der Waals surface area (Å²) in [5, 5.41) is 0. The molecule has 0 saturated carbocycles. The summed E-state index contributed by atoms with van der Waals surface area (Å²) in [4.78, 5) is 15.0. The Bertz CT molecular complexity index is 829. The summed E-state index contributed by atoms with van der Waals surface area (Å²) in [7, 11) is 6.50. The van der Waals surface area contributed by atoms with Gasteiger partial charge in [0.05, 0.1) is 34.5 Å². The Balaban J connectivity index is 1.71. The molecule has 6 nitrogen and oxygen atoms in total. The molecule has 0 aromatic heterocycles. The number of amides is 1. The summed E-state index contributed by atoms with van der Waals surface area (Å²) in [6.45, 7) is 0.777. The molecular weight excluding hydrogens is 370 g/mol. The maximum Gasteiger partial charge on any atom is 0.223 e. The molecule has 0 N–H and O–H groups in total. The number of carbonyl (C=O) groups is 1. The van der Waals surface area contributed by atoms with Gasteiger partial charge in [-0.05, 0) is 54.7 Å². The third kappa shape index (κ3) is 4.75. The Morgan fingerprint density at radius 1 is 0.931 bits per heavy atom. The van der Waals surface area contributed by atoms with Crippen molar-refractivity contribution in [3.05, 3.63) is 47.5 Å². The second-order valence-corrected chi connectivity index (χ2v) is 7.08.